The molecule has 2 heterocycles. The molecular formula is C22H31N3O3. The third kappa shape index (κ3) is 3.50. The maximum absolute atomic E-state index is 13.1. The largest absolute Gasteiger partial charge is 0.419 e. The van der Waals surface area contributed by atoms with Crippen LogP contribution in [0.3, 0.4) is 0 Å². The van der Waals surface area contributed by atoms with Gasteiger partial charge in [0, 0.05) is 39.3 Å². The Hall–Kier alpha value is -2.08. The Labute approximate surface area is 166 Å². The molecule has 4 rings (SSSR count). The van der Waals surface area contributed by atoms with Gasteiger partial charge in [-0.3, -0.25) is 14.3 Å². The molecule has 0 bridgehead atoms. The molecule has 0 radical (unpaired) electrons. The van der Waals surface area contributed by atoms with Crippen LogP contribution >= 0.6 is 0 Å². The standard InChI is InChI=1S/C22H31N3O3/c1-15(2)16-7-9-17(10-8-16)24-11-13-25(14-12-24)21(26)18-5-4-6-19-20(18)28-22(27)23(19)3/h4-6,15-17H,7-14H2,1-3H3. The van der Waals surface area contributed by atoms with Crippen LogP contribution < -0.4 is 5.76 Å². The second-order valence-corrected chi connectivity index (χ2v) is 8.72. The summed E-state index contributed by atoms with van der Waals surface area (Å²) in [6.45, 7) is 8.00. The Kier molecular flexibility index (Phi) is 5.32. The minimum Gasteiger partial charge on any atom is -0.407 e. The van der Waals surface area contributed by atoms with E-state index in [1.807, 2.05) is 17.0 Å². The molecule has 0 unspecified atom stereocenters. The quantitative estimate of drug-likeness (QED) is 0.815. The van der Waals surface area contributed by atoms with Crippen LogP contribution in [0.15, 0.2) is 27.4 Å². The minimum absolute atomic E-state index is 0.0388. The maximum Gasteiger partial charge on any atom is 0.419 e. The van der Waals surface area contributed by atoms with Crippen molar-refractivity contribution in [3.8, 4) is 0 Å². The number of carbonyl (C=O) groups is 1. The molecule has 1 aliphatic carbocycles. The summed E-state index contributed by atoms with van der Waals surface area (Å²) >= 11 is 0. The van der Waals surface area contributed by atoms with E-state index in [1.165, 1.54) is 30.3 Å². The molecule has 1 amide bonds. The molecule has 1 aromatic heterocycles. The van der Waals surface area contributed by atoms with Crippen molar-refractivity contribution in [3.05, 3.63) is 34.3 Å². The van der Waals surface area contributed by atoms with Gasteiger partial charge in [0.1, 0.15) is 0 Å². The van der Waals surface area contributed by atoms with E-state index in [0.717, 1.165) is 38.0 Å². The fourth-order valence-electron chi connectivity index (χ4n) is 4.91. The van der Waals surface area contributed by atoms with Crippen LogP contribution in [-0.2, 0) is 7.05 Å². The summed E-state index contributed by atoms with van der Waals surface area (Å²) in [5.41, 5.74) is 1.55. The number of aryl methyl sites for hydroxylation is 1. The average molecular weight is 386 g/mol. The number of para-hydroxylation sites is 1. The van der Waals surface area contributed by atoms with Gasteiger partial charge in [-0.25, -0.2) is 4.79 Å². The summed E-state index contributed by atoms with van der Waals surface area (Å²) in [5, 5.41) is 0. The highest BCUT2D eigenvalue weighted by Gasteiger charge is 2.31. The summed E-state index contributed by atoms with van der Waals surface area (Å²) in [6.07, 6.45) is 5.23. The molecule has 28 heavy (non-hydrogen) atoms. The van der Waals surface area contributed by atoms with Crippen molar-refractivity contribution < 1.29 is 9.21 Å². The third-order valence-electron chi connectivity index (χ3n) is 6.85. The second kappa shape index (κ2) is 7.74. The predicted octanol–water partition coefficient (Wildman–Crippen LogP) is 3.10. The van der Waals surface area contributed by atoms with Gasteiger partial charge in [-0.1, -0.05) is 19.9 Å². The molecule has 2 aliphatic rings. The first kappa shape index (κ1) is 19.2. The number of rotatable bonds is 3. The summed E-state index contributed by atoms with van der Waals surface area (Å²) in [7, 11) is 1.66. The van der Waals surface area contributed by atoms with Crippen molar-refractivity contribution in [2.75, 3.05) is 26.2 Å². The van der Waals surface area contributed by atoms with Crippen LogP contribution in [-0.4, -0.2) is 52.5 Å². The number of hydrogen-bond donors (Lipinski definition) is 0. The Balaban J connectivity index is 1.40. The van der Waals surface area contributed by atoms with Gasteiger partial charge in [0.2, 0.25) is 0 Å². The number of nitrogens with zero attached hydrogens (tertiary/aromatic N) is 3. The van der Waals surface area contributed by atoms with Crippen LogP contribution in [0.4, 0.5) is 0 Å². The molecule has 1 saturated carbocycles. The van der Waals surface area contributed by atoms with Crippen LogP contribution in [0.1, 0.15) is 49.9 Å². The fourth-order valence-corrected chi connectivity index (χ4v) is 4.91. The smallest absolute Gasteiger partial charge is 0.407 e. The number of oxazole rings is 1. The highest BCUT2D eigenvalue weighted by Crippen LogP contribution is 2.32. The summed E-state index contributed by atoms with van der Waals surface area (Å²) in [6, 6.07) is 6.05. The highest BCUT2D eigenvalue weighted by atomic mass is 16.4. The molecule has 0 spiro atoms. The van der Waals surface area contributed by atoms with Gasteiger partial charge >= 0.3 is 5.76 Å². The first-order chi connectivity index (χ1) is 13.5. The topological polar surface area (TPSA) is 58.7 Å². The lowest BCUT2D eigenvalue weighted by atomic mass is 9.79. The van der Waals surface area contributed by atoms with E-state index >= 15 is 0 Å². The molecule has 1 aliphatic heterocycles. The molecule has 2 aromatic rings. The zero-order valence-electron chi connectivity index (χ0n) is 17.2. The lowest BCUT2D eigenvalue weighted by molar-refractivity contribution is 0.0478. The molecule has 1 aromatic carbocycles. The van der Waals surface area contributed by atoms with Crippen molar-refractivity contribution in [2.24, 2.45) is 18.9 Å². The summed E-state index contributed by atoms with van der Waals surface area (Å²) in [4.78, 5) is 29.4. The van der Waals surface area contributed by atoms with Gasteiger partial charge in [-0.05, 0) is 49.7 Å². The first-order valence-electron chi connectivity index (χ1n) is 10.6. The number of amides is 1. The van der Waals surface area contributed by atoms with E-state index < -0.39 is 5.76 Å². The van der Waals surface area contributed by atoms with Crippen molar-refractivity contribution in [1.82, 2.24) is 14.4 Å². The van der Waals surface area contributed by atoms with E-state index in [1.54, 1.807) is 13.1 Å². The minimum atomic E-state index is -0.433. The van der Waals surface area contributed by atoms with E-state index in [2.05, 4.69) is 18.7 Å². The van der Waals surface area contributed by atoms with E-state index in [-0.39, 0.29) is 5.91 Å². The zero-order valence-corrected chi connectivity index (χ0v) is 17.2. The van der Waals surface area contributed by atoms with E-state index in [9.17, 15) is 9.59 Å². The van der Waals surface area contributed by atoms with Gasteiger partial charge < -0.3 is 9.32 Å². The van der Waals surface area contributed by atoms with Crippen LogP contribution in [0.5, 0.6) is 0 Å². The molecule has 6 heteroatoms. The number of piperazine rings is 1. The maximum atomic E-state index is 13.1. The monoisotopic (exact) mass is 385 g/mol. The molecule has 152 valence electrons. The second-order valence-electron chi connectivity index (χ2n) is 8.72. The SMILES string of the molecule is CC(C)C1CCC(N2CCN(C(=O)c3cccc4c3oc(=O)n4C)CC2)CC1. The molecule has 2 fully saturated rings. The van der Waals surface area contributed by atoms with Gasteiger partial charge in [0.05, 0.1) is 11.1 Å². The molecule has 0 atom stereocenters. The molecule has 6 nitrogen and oxygen atoms in total. The van der Waals surface area contributed by atoms with E-state index in [0.29, 0.717) is 22.7 Å². The Morgan fingerprint density at radius 3 is 2.39 bits per heavy atom. The van der Waals surface area contributed by atoms with Crippen molar-refractivity contribution in [2.45, 2.75) is 45.6 Å². The van der Waals surface area contributed by atoms with Crippen molar-refractivity contribution in [1.29, 1.82) is 0 Å². The number of benzene rings is 1. The van der Waals surface area contributed by atoms with Gasteiger partial charge in [0.25, 0.3) is 5.91 Å². The van der Waals surface area contributed by atoms with Crippen LogP contribution in [0.2, 0.25) is 0 Å². The normalized spacial score (nSPS) is 24.2. The fraction of sp³-hybridized carbons (Fsp3) is 0.636. The van der Waals surface area contributed by atoms with Crippen molar-refractivity contribution >= 4 is 17.0 Å². The van der Waals surface area contributed by atoms with Gasteiger partial charge in [0.15, 0.2) is 5.58 Å². The predicted molar refractivity (Wildman–Crippen MR) is 110 cm³/mol. The van der Waals surface area contributed by atoms with Crippen LogP contribution in [0.25, 0.3) is 11.1 Å². The number of carbonyl (C=O) groups excluding carboxylic acids is 1. The number of fused-ring (bicyclic) bond motifs is 1. The summed E-state index contributed by atoms with van der Waals surface area (Å²) in [5.74, 6) is 1.19. The van der Waals surface area contributed by atoms with Gasteiger partial charge in [-0.2, -0.15) is 0 Å². The van der Waals surface area contributed by atoms with E-state index in [4.69, 9.17) is 4.42 Å². The zero-order chi connectivity index (χ0) is 19.8. The number of aromatic nitrogens is 1. The molecule has 1 saturated heterocycles. The van der Waals surface area contributed by atoms with Crippen LogP contribution in [0, 0.1) is 11.8 Å². The third-order valence-corrected chi connectivity index (χ3v) is 6.85. The number of hydrogen-bond acceptors (Lipinski definition) is 4. The Bertz CT molecular complexity index is 897. The molecular weight excluding hydrogens is 354 g/mol. The Morgan fingerprint density at radius 1 is 1.07 bits per heavy atom. The lowest BCUT2D eigenvalue weighted by Crippen LogP contribution is -2.52. The highest BCUT2D eigenvalue weighted by molar-refractivity contribution is 6.04. The lowest BCUT2D eigenvalue weighted by Gasteiger charge is -2.42. The summed E-state index contributed by atoms with van der Waals surface area (Å²) < 4.78 is 6.78. The Morgan fingerprint density at radius 2 is 1.75 bits per heavy atom. The van der Waals surface area contributed by atoms with Crippen molar-refractivity contribution in [3.63, 3.8) is 0 Å². The van der Waals surface area contributed by atoms with Gasteiger partial charge in [-0.15, -0.1) is 0 Å². The molecule has 0 N–H and O–H groups in total. The first-order valence-corrected chi connectivity index (χ1v) is 10.6. The average Bonchev–Trinajstić information content (AvgIpc) is 3.02.